The van der Waals surface area contributed by atoms with Crippen LogP contribution in [0.15, 0.2) is 22.7 Å². The zero-order valence-corrected chi connectivity index (χ0v) is 9.93. The Kier molecular flexibility index (Phi) is 2.32. The van der Waals surface area contributed by atoms with Crippen LogP contribution in [0, 0.1) is 0 Å². The van der Waals surface area contributed by atoms with Crippen LogP contribution in [0.2, 0.25) is 0 Å². The number of anilines is 1. The van der Waals surface area contributed by atoms with Crippen molar-refractivity contribution in [1.29, 1.82) is 0 Å². The maximum atomic E-state index is 10.0. The number of benzene rings is 1. The first-order chi connectivity index (χ1) is 6.50. The fourth-order valence-electron chi connectivity index (χ4n) is 1.96. The van der Waals surface area contributed by atoms with Crippen LogP contribution in [0.3, 0.4) is 0 Å². The number of hydrogen-bond acceptors (Lipinski definition) is 2. The van der Waals surface area contributed by atoms with Crippen LogP contribution in [0.5, 0.6) is 0 Å². The van der Waals surface area contributed by atoms with Gasteiger partial charge in [-0.25, -0.2) is 0 Å². The van der Waals surface area contributed by atoms with Gasteiger partial charge in [0, 0.05) is 22.6 Å². The third-order valence-corrected chi connectivity index (χ3v) is 3.44. The highest BCUT2D eigenvalue weighted by Gasteiger charge is 2.35. The molecule has 1 aromatic rings. The number of nitrogens with one attached hydrogen (secondary N) is 1. The molecule has 0 fully saturated rings. The molecule has 0 amide bonds. The van der Waals surface area contributed by atoms with E-state index in [0.717, 1.165) is 16.7 Å². The van der Waals surface area contributed by atoms with Crippen LogP contribution in [-0.4, -0.2) is 17.3 Å². The quantitative estimate of drug-likeness (QED) is 0.809. The van der Waals surface area contributed by atoms with Crippen LogP contribution in [0.25, 0.3) is 0 Å². The molecule has 0 aromatic heterocycles. The lowest BCUT2D eigenvalue weighted by Crippen LogP contribution is -2.30. The fraction of sp³-hybridized carbons (Fsp3) is 0.455. The molecule has 1 atom stereocenters. The molecule has 0 bridgehead atoms. The van der Waals surface area contributed by atoms with Gasteiger partial charge < -0.3 is 10.4 Å². The SMILES string of the molecule is CC(C)(O)C1CNc2cccc(Br)c21. The molecule has 1 aliphatic rings. The average molecular weight is 256 g/mol. The van der Waals surface area contributed by atoms with E-state index in [0.29, 0.717) is 0 Å². The summed E-state index contributed by atoms with van der Waals surface area (Å²) in [5, 5.41) is 13.3. The molecule has 1 heterocycles. The van der Waals surface area contributed by atoms with Crippen molar-refractivity contribution in [3.63, 3.8) is 0 Å². The van der Waals surface area contributed by atoms with Gasteiger partial charge in [-0.15, -0.1) is 0 Å². The summed E-state index contributed by atoms with van der Waals surface area (Å²) in [7, 11) is 0. The van der Waals surface area contributed by atoms with E-state index in [-0.39, 0.29) is 5.92 Å². The maximum absolute atomic E-state index is 10.0. The standard InChI is InChI=1S/C11H14BrNO/c1-11(2,14)7-6-13-9-5-3-4-8(12)10(7)9/h3-5,7,13-14H,6H2,1-2H3. The Labute approximate surface area is 92.5 Å². The largest absolute Gasteiger partial charge is 0.390 e. The molecule has 0 spiro atoms. The monoisotopic (exact) mass is 255 g/mol. The number of hydrogen-bond donors (Lipinski definition) is 2. The Balaban J connectivity index is 2.48. The van der Waals surface area contributed by atoms with Gasteiger partial charge in [0.15, 0.2) is 0 Å². The second-order valence-electron chi connectivity index (χ2n) is 4.29. The first-order valence-corrected chi connectivity index (χ1v) is 5.54. The molecule has 1 unspecified atom stereocenters. The van der Waals surface area contributed by atoms with Gasteiger partial charge in [0.2, 0.25) is 0 Å². The van der Waals surface area contributed by atoms with Crippen molar-refractivity contribution in [2.24, 2.45) is 0 Å². The smallest absolute Gasteiger partial charge is 0.0678 e. The van der Waals surface area contributed by atoms with E-state index in [2.05, 4.69) is 21.2 Å². The van der Waals surface area contributed by atoms with E-state index in [1.54, 1.807) is 0 Å². The van der Waals surface area contributed by atoms with Crippen molar-refractivity contribution in [1.82, 2.24) is 0 Å². The minimum absolute atomic E-state index is 0.160. The summed E-state index contributed by atoms with van der Waals surface area (Å²) in [5.74, 6) is 0.160. The summed E-state index contributed by atoms with van der Waals surface area (Å²) in [6.45, 7) is 4.52. The molecule has 2 rings (SSSR count). The molecule has 76 valence electrons. The third kappa shape index (κ3) is 1.55. The third-order valence-electron chi connectivity index (χ3n) is 2.75. The van der Waals surface area contributed by atoms with Gasteiger partial charge in [-0.2, -0.15) is 0 Å². The number of aliphatic hydroxyl groups is 1. The van der Waals surface area contributed by atoms with Gasteiger partial charge >= 0.3 is 0 Å². The molecule has 14 heavy (non-hydrogen) atoms. The normalized spacial score (nSPS) is 20.4. The molecule has 1 aromatic carbocycles. The number of rotatable bonds is 1. The molecular formula is C11H14BrNO. The van der Waals surface area contributed by atoms with E-state index in [1.165, 1.54) is 5.56 Å². The zero-order chi connectivity index (χ0) is 10.3. The molecule has 0 saturated carbocycles. The van der Waals surface area contributed by atoms with Crippen LogP contribution < -0.4 is 5.32 Å². The van der Waals surface area contributed by atoms with E-state index >= 15 is 0 Å². The van der Waals surface area contributed by atoms with Gasteiger partial charge in [-0.1, -0.05) is 22.0 Å². The Morgan fingerprint density at radius 3 is 2.86 bits per heavy atom. The first-order valence-electron chi connectivity index (χ1n) is 4.75. The molecule has 2 nitrogen and oxygen atoms in total. The van der Waals surface area contributed by atoms with Crippen molar-refractivity contribution in [3.05, 3.63) is 28.2 Å². The van der Waals surface area contributed by atoms with E-state index in [9.17, 15) is 5.11 Å². The lowest BCUT2D eigenvalue weighted by Gasteiger charge is -2.25. The fourth-order valence-corrected chi connectivity index (χ4v) is 2.60. The highest BCUT2D eigenvalue weighted by molar-refractivity contribution is 9.10. The van der Waals surface area contributed by atoms with E-state index < -0.39 is 5.60 Å². The molecule has 0 saturated heterocycles. The lowest BCUT2D eigenvalue weighted by atomic mass is 9.86. The predicted molar refractivity (Wildman–Crippen MR) is 61.7 cm³/mol. The minimum atomic E-state index is -0.678. The number of halogens is 1. The average Bonchev–Trinajstić information content (AvgIpc) is 2.47. The Hall–Kier alpha value is -0.540. The molecule has 2 N–H and O–H groups in total. The molecule has 0 aliphatic carbocycles. The summed E-state index contributed by atoms with van der Waals surface area (Å²) < 4.78 is 1.08. The molecular weight excluding hydrogens is 242 g/mol. The van der Waals surface area contributed by atoms with Crippen molar-refractivity contribution in [2.75, 3.05) is 11.9 Å². The summed E-state index contributed by atoms with van der Waals surface area (Å²) in [6.07, 6.45) is 0. The lowest BCUT2D eigenvalue weighted by molar-refractivity contribution is 0.0560. The number of fused-ring (bicyclic) bond motifs is 1. The summed E-state index contributed by atoms with van der Waals surface area (Å²) in [5.41, 5.74) is 1.65. The van der Waals surface area contributed by atoms with Gasteiger partial charge in [0.1, 0.15) is 0 Å². The van der Waals surface area contributed by atoms with Crippen molar-refractivity contribution < 1.29 is 5.11 Å². The van der Waals surface area contributed by atoms with Crippen LogP contribution in [-0.2, 0) is 0 Å². The highest BCUT2D eigenvalue weighted by atomic mass is 79.9. The zero-order valence-electron chi connectivity index (χ0n) is 8.34. The second kappa shape index (κ2) is 3.24. The van der Waals surface area contributed by atoms with E-state index in [1.807, 2.05) is 32.0 Å². The second-order valence-corrected chi connectivity index (χ2v) is 5.14. The Morgan fingerprint density at radius 1 is 1.50 bits per heavy atom. The van der Waals surface area contributed by atoms with Crippen LogP contribution in [0.4, 0.5) is 5.69 Å². The summed E-state index contributed by atoms with van der Waals surface area (Å²) in [6, 6.07) is 6.07. The van der Waals surface area contributed by atoms with Gasteiger partial charge in [0.05, 0.1) is 5.60 Å². The van der Waals surface area contributed by atoms with Gasteiger partial charge in [-0.3, -0.25) is 0 Å². The Morgan fingerprint density at radius 2 is 2.21 bits per heavy atom. The van der Waals surface area contributed by atoms with E-state index in [4.69, 9.17) is 0 Å². The minimum Gasteiger partial charge on any atom is -0.390 e. The van der Waals surface area contributed by atoms with Crippen LogP contribution in [0.1, 0.15) is 25.3 Å². The van der Waals surface area contributed by atoms with Crippen molar-refractivity contribution in [3.8, 4) is 0 Å². The van der Waals surface area contributed by atoms with Crippen molar-refractivity contribution in [2.45, 2.75) is 25.4 Å². The Bertz CT molecular complexity index is 357. The van der Waals surface area contributed by atoms with Crippen molar-refractivity contribution >= 4 is 21.6 Å². The molecule has 3 heteroatoms. The summed E-state index contributed by atoms with van der Waals surface area (Å²) in [4.78, 5) is 0. The molecule has 0 radical (unpaired) electrons. The van der Waals surface area contributed by atoms with Gasteiger partial charge in [-0.05, 0) is 31.5 Å². The topological polar surface area (TPSA) is 32.3 Å². The maximum Gasteiger partial charge on any atom is 0.0678 e. The molecule has 1 aliphatic heterocycles. The highest BCUT2D eigenvalue weighted by Crippen LogP contribution is 2.42. The first kappa shape index (κ1) is 9.99. The summed E-state index contributed by atoms with van der Waals surface area (Å²) >= 11 is 3.53. The predicted octanol–water partition coefficient (Wildman–Crippen LogP) is 2.73. The van der Waals surface area contributed by atoms with Crippen LogP contribution >= 0.6 is 15.9 Å². The van der Waals surface area contributed by atoms with Gasteiger partial charge in [0.25, 0.3) is 0 Å².